The van der Waals surface area contributed by atoms with Crippen molar-refractivity contribution in [3.8, 4) is 0 Å². The van der Waals surface area contributed by atoms with Crippen molar-refractivity contribution in [2.24, 2.45) is 0 Å². The number of carbonyl (C=O) groups excluding carboxylic acids is 1. The summed E-state index contributed by atoms with van der Waals surface area (Å²) >= 11 is 0. The Morgan fingerprint density at radius 3 is 2.74 bits per heavy atom. The maximum Gasteiger partial charge on any atom is 0.325 e. The highest BCUT2D eigenvalue weighted by molar-refractivity contribution is 5.76. The first-order chi connectivity index (χ1) is 8.96. The lowest BCUT2D eigenvalue weighted by Crippen LogP contribution is -2.28. The van der Waals surface area contributed by atoms with E-state index < -0.39 is 5.60 Å². The topological polar surface area (TPSA) is 38.3 Å². The zero-order chi connectivity index (χ0) is 13.9. The van der Waals surface area contributed by atoms with Gasteiger partial charge in [-0.25, -0.2) is 0 Å². The molecule has 104 valence electrons. The highest BCUT2D eigenvalue weighted by atomic mass is 16.6. The molecular weight excluding hydrogens is 238 g/mol. The highest BCUT2D eigenvalue weighted by Crippen LogP contribution is 2.27. The second kappa shape index (κ2) is 5.64. The lowest BCUT2D eigenvalue weighted by atomic mass is 9.90. The molecule has 3 heteroatoms. The maximum absolute atomic E-state index is 11.7. The smallest absolute Gasteiger partial charge is 0.325 e. The van der Waals surface area contributed by atoms with Crippen LogP contribution < -0.4 is 5.32 Å². The maximum atomic E-state index is 11.7. The van der Waals surface area contributed by atoms with Crippen molar-refractivity contribution in [3.63, 3.8) is 0 Å². The second-order valence-electron chi connectivity index (χ2n) is 6.09. The van der Waals surface area contributed by atoms with Crippen LogP contribution in [0.1, 0.15) is 44.7 Å². The molecule has 0 atom stereocenters. The Morgan fingerprint density at radius 1 is 1.26 bits per heavy atom. The Bertz CT molecular complexity index is 460. The molecule has 0 radical (unpaired) electrons. The van der Waals surface area contributed by atoms with Crippen molar-refractivity contribution in [2.45, 2.75) is 52.1 Å². The van der Waals surface area contributed by atoms with Gasteiger partial charge < -0.3 is 10.1 Å². The minimum absolute atomic E-state index is 0.207. The number of carbonyl (C=O) groups is 1. The third-order valence-corrected chi connectivity index (χ3v) is 3.24. The molecule has 1 aromatic rings. The number of rotatable bonds is 3. The van der Waals surface area contributed by atoms with Gasteiger partial charge in [0.05, 0.1) is 0 Å². The summed E-state index contributed by atoms with van der Waals surface area (Å²) in [4.78, 5) is 11.7. The van der Waals surface area contributed by atoms with Crippen LogP contribution in [-0.2, 0) is 22.4 Å². The molecule has 3 nitrogen and oxygen atoms in total. The lowest BCUT2D eigenvalue weighted by molar-refractivity contribution is -0.152. The molecule has 1 N–H and O–H groups in total. The highest BCUT2D eigenvalue weighted by Gasteiger charge is 2.17. The molecule has 1 aliphatic carbocycles. The van der Waals surface area contributed by atoms with E-state index in [2.05, 4.69) is 23.5 Å². The van der Waals surface area contributed by atoms with Gasteiger partial charge in [-0.2, -0.15) is 0 Å². The minimum Gasteiger partial charge on any atom is -0.459 e. The van der Waals surface area contributed by atoms with Crippen molar-refractivity contribution in [1.29, 1.82) is 0 Å². The van der Waals surface area contributed by atoms with Gasteiger partial charge in [0.1, 0.15) is 12.1 Å². The van der Waals surface area contributed by atoms with E-state index in [-0.39, 0.29) is 12.5 Å². The SMILES string of the molecule is CC(C)(C)OC(=O)CNc1cccc2c1CCCC2. The molecule has 0 saturated carbocycles. The molecule has 0 unspecified atom stereocenters. The van der Waals surface area contributed by atoms with Crippen molar-refractivity contribution < 1.29 is 9.53 Å². The van der Waals surface area contributed by atoms with E-state index in [1.165, 1.54) is 24.0 Å². The van der Waals surface area contributed by atoms with Gasteiger partial charge in [0.2, 0.25) is 0 Å². The number of ether oxygens (including phenoxy) is 1. The van der Waals surface area contributed by atoms with Gasteiger partial charge in [0, 0.05) is 5.69 Å². The molecule has 1 aromatic carbocycles. The van der Waals surface area contributed by atoms with E-state index in [1.807, 2.05) is 20.8 Å². The lowest BCUT2D eigenvalue weighted by Gasteiger charge is -2.22. The third-order valence-electron chi connectivity index (χ3n) is 3.24. The normalized spacial score (nSPS) is 14.7. The molecule has 1 aliphatic rings. The summed E-state index contributed by atoms with van der Waals surface area (Å²) in [5, 5.41) is 3.22. The quantitative estimate of drug-likeness (QED) is 0.848. The number of aryl methyl sites for hydroxylation is 1. The average molecular weight is 261 g/mol. The van der Waals surface area contributed by atoms with Crippen LogP contribution in [0.5, 0.6) is 0 Å². The molecule has 0 heterocycles. The predicted molar refractivity (Wildman–Crippen MR) is 77.4 cm³/mol. The average Bonchev–Trinajstić information content (AvgIpc) is 2.34. The molecule has 0 saturated heterocycles. The first-order valence-corrected chi connectivity index (χ1v) is 7.02. The third kappa shape index (κ3) is 3.98. The van der Waals surface area contributed by atoms with E-state index in [0.717, 1.165) is 18.5 Å². The van der Waals surface area contributed by atoms with Crippen LogP contribution in [0.25, 0.3) is 0 Å². The van der Waals surface area contributed by atoms with Crippen molar-refractivity contribution in [2.75, 3.05) is 11.9 Å². The summed E-state index contributed by atoms with van der Waals surface area (Å²) in [6.45, 7) is 5.88. The molecule has 0 aliphatic heterocycles. The monoisotopic (exact) mass is 261 g/mol. The minimum atomic E-state index is -0.422. The molecule has 19 heavy (non-hydrogen) atoms. The Labute approximate surface area is 115 Å². The standard InChI is InChI=1S/C16H23NO2/c1-16(2,3)19-15(18)11-17-14-10-6-8-12-7-4-5-9-13(12)14/h6,8,10,17H,4-5,7,9,11H2,1-3H3. The summed E-state index contributed by atoms with van der Waals surface area (Å²) in [6.07, 6.45) is 4.75. The van der Waals surface area contributed by atoms with Gasteiger partial charge in [-0.3, -0.25) is 4.79 Å². The van der Waals surface area contributed by atoms with E-state index in [9.17, 15) is 4.79 Å². The Kier molecular flexibility index (Phi) is 4.13. The number of anilines is 1. The van der Waals surface area contributed by atoms with Crippen LogP contribution in [0.2, 0.25) is 0 Å². The van der Waals surface area contributed by atoms with Crippen molar-refractivity contribution in [3.05, 3.63) is 29.3 Å². The summed E-state index contributed by atoms with van der Waals surface area (Å²) < 4.78 is 5.30. The number of esters is 1. The Balaban J connectivity index is 1.98. The van der Waals surface area contributed by atoms with Gasteiger partial charge in [0.15, 0.2) is 0 Å². The number of benzene rings is 1. The molecule has 0 spiro atoms. The largest absolute Gasteiger partial charge is 0.459 e. The van der Waals surface area contributed by atoms with Gasteiger partial charge in [-0.05, 0) is 63.6 Å². The number of hydrogen-bond donors (Lipinski definition) is 1. The van der Waals surface area contributed by atoms with Gasteiger partial charge >= 0.3 is 5.97 Å². The molecule has 0 amide bonds. The van der Waals surface area contributed by atoms with E-state index >= 15 is 0 Å². The van der Waals surface area contributed by atoms with Crippen molar-refractivity contribution >= 4 is 11.7 Å². The summed E-state index contributed by atoms with van der Waals surface area (Å²) in [5.74, 6) is -0.207. The first-order valence-electron chi connectivity index (χ1n) is 7.02. The van der Waals surface area contributed by atoms with Gasteiger partial charge in [-0.1, -0.05) is 12.1 Å². The van der Waals surface area contributed by atoms with Gasteiger partial charge in [-0.15, -0.1) is 0 Å². The summed E-state index contributed by atoms with van der Waals surface area (Å²) in [5.41, 5.74) is 3.45. The van der Waals surface area contributed by atoms with E-state index in [1.54, 1.807) is 0 Å². The van der Waals surface area contributed by atoms with Crippen LogP contribution in [0.15, 0.2) is 18.2 Å². The fourth-order valence-corrected chi connectivity index (χ4v) is 2.49. The summed E-state index contributed by atoms with van der Waals surface area (Å²) in [6, 6.07) is 6.29. The van der Waals surface area contributed by atoms with Crippen LogP contribution in [0.4, 0.5) is 5.69 Å². The number of nitrogens with one attached hydrogen (secondary N) is 1. The Hall–Kier alpha value is -1.51. The zero-order valence-corrected chi connectivity index (χ0v) is 12.1. The second-order valence-corrected chi connectivity index (χ2v) is 6.09. The zero-order valence-electron chi connectivity index (χ0n) is 12.1. The number of hydrogen-bond acceptors (Lipinski definition) is 3. The van der Waals surface area contributed by atoms with Gasteiger partial charge in [0.25, 0.3) is 0 Å². The molecule has 0 bridgehead atoms. The van der Waals surface area contributed by atoms with Crippen LogP contribution >= 0.6 is 0 Å². The van der Waals surface area contributed by atoms with E-state index in [4.69, 9.17) is 4.74 Å². The molecular formula is C16H23NO2. The van der Waals surface area contributed by atoms with E-state index in [0.29, 0.717) is 0 Å². The molecule has 0 fully saturated rings. The van der Waals surface area contributed by atoms with Crippen LogP contribution in [0.3, 0.4) is 0 Å². The predicted octanol–water partition coefficient (Wildman–Crippen LogP) is 3.32. The Morgan fingerprint density at radius 2 is 2.00 bits per heavy atom. The first kappa shape index (κ1) is 13.9. The number of fused-ring (bicyclic) bond motifs is 1. The molecule has 0 aromatic heterocycles. The fraction of sp³-hybridized carbons (Fsp3) is 0.562. The van der Waals surface area contributed by atoms with Crippen LogP contribution in [0, 0.1) is 0 Å². The molecule has 2 rings (SSSR count). The fourth-order valence-electron chi connectivity index (χ4n) is 2.49. The summed E-state index contributed by atoms with van der Waals surface area (Å²) in [7, 11) is 0. The van der Waals surface area contributed by atoms with Crippen molar-refractivity contribution in [1.82, 2.24) is 0 Å². The van der Waals surface area contributed by atoms with Crippen LogP contribution in [-0.4, -0.2) is 18.1 Å².